The van der Waals surface area contributed by atoms with Gasteiger partial charge in [-0.05, 0) is 12.1 Å². The van der Waals surface area contributed by atoms with Crippen molar-refractivity contribution < 1.29 is 0 Å². The number of hydrogen-bond donors (Lipinski definition) is 0. The fourth-order valence-electron chi connectivity index (χ4n) is 2.73. The standard InChI is InChI=1S/C15H17N3/c1-14(2)11-8-16-9-18-12(11)10-6-5-7-17-13(10)15(14,3)4/h5-9H,1-4H3. The highest BCUT2D eigenvalue weighted by Crippen LogP contribution is 2.51. The van der Waals surface area contributed by atoms with Crippen LogP contribution in [-0.4, -0.2) is 15.0 Å². The van der Waals surface area contributed by atoms with Crippen LogP contribution in [0.2, 0.25) is 0 Å². The molecule has 0 radical (unpaired) electrons. The molecule has 0 atom stereocenters. The summed E-state index contributed by atoms with van der Waals surface area (Å²) in [6.45, 7) is 8.98. The van der Waals surface area contributed by atoms with Crippen LogP contribution in [0.3, 0.4) is 0 Å². The van der Waals surface area contributed by atoms with Gasteiger partial charge in [-0.3, -0.25) is 4.98 Å². The van der Waals surface area contributed by atoms with Gasteiger partial charge in [0.15, 0.2) is 0 Å². The minimum absolute atomic E-state index is 0.0368. The quantitative estimate of drug-likeness (QED) is 0.709. The van der Waals surface area contributed by atoms with Crippen LogP contribution in [-0.2, 0) is 10.8 Å². The minimum Gasteiger partial charge on any atom is -0.260 e. The van der Waals surface area contributed by atoms with Crippen molar-refractivity contribution in [3.05, 3.63) is 42.1 Å². The molecule has 3 rings (SSSR count). The molecule has 0 unspecified atom stereocenters. The second-order valence-corrected chi connectivity index (χ2v) is 5.93. The summed E-state index contributed by atoms with van der Waals surface area (Å²) in [5.74, 6) is 0. The van der Waals surface area contributed by atoms with E-state index in [2.05, 4.69) is 48.7 Å². The zero-order chi connectivity index (χ0) is 13.0. The Labute approximate surface area is 107 Å². The zero-order valence-corrected chi connectivity index (χ0v) is 11.2. The molecule has 0 fully saturated rings. The van der Waals surface area contributed by atoms with Crippen molar-refractivity contribution in [3.8, 4) is 11.3 Å². The molecule has 3 nitrogen and oxygen atoms in total. The number of pyridine rings is 1. The lowest BCUT2D eigenvalue weighted by Crippen LogP contribution is -2.44. The lowest BCUT2D eigenvalue weighted by atomic mass is 9.58. The summed E-state index contributed by atoms with van der Waals surface area (Å²) in [6.07, 6.45) is 5.42. The van der Waals surface area contributed by atoms with Gasteiger partial charge in [-0.15, -0.1) is 0 Å². The predicted molar refractivity (Wildman–Crippen MR) is 71.3 cm³/mol. The molecule has 2 aromatic heterocycles. The Kier molecular flexibility index (Phi) is 2.12. The minimum atomic E-state index is -0.0404. The van der Waals surface area contributed by atoms with Crippen molar-refractivity contribution in [3.63, 3.8) is 0 Å². The summed E-state index contributed by atoms with van der Waals surface area (Å²) in [7, 11) is 0. The molecule has 0 amide bonds. The first-order valence-corrected chi connectivity index (χ1v) is 6.22. The van der Waals surface area contributed by atoms with E-state index in [9.17, 15) is 0 Å². The normalized spacial score (nSPS) is 18.9. The third-order valence-electron chi connectivity index (χ3n) is 4.60. The van der Waals surface area contributed by atoms with Crippen LogP contribution >= 0.6 is 0 Å². The second kappa shape index (κ2) is 3.37. The number of nitrogens with zero attached hydrogens (tertiary/aromatic N) is 3. The lowest BCUT2D eigenvalue weighted by Gasteiger charge is -2.46. The highest BCUT2D eigenvalue weighted by Gasteiger charge is 2.47. The van der Waals surface area contributed by atoms with Crippen LogP contribution in [0.15, 0.2) is 30.9 Å². The van der Waals surface area contributed by atoms with Gasteiger partial charge in [-0.25, -0.2) is 9.97 Å². The summed E-state index contributed by atoms with van der Waals surface area (Å²) in [4.78, 5) is 13.3. The molecule has 1 aliphatic rings. The van der Waals surface area contributed by atoms with E-state index in [1.807, 2.05) is 18.5 Å². The van der Waals surface area contributed by atoms with Crippen molar-refractivity contribution in [1.29, 1.82) is 0 Å². The monoisotopic (exact) mass is 239 g/mol. The van der Waals surface area contributed by atoms with Crippen LogP contribution in [0.25, 0.3) is 11.3 Å². The SMILES string of the molecule is CC1(C)c2cncnc2-c2cccnc2C1(C)C. The topological polar surface area (TPSA) is 38.7 Å². The van der Waals surface area contributed by atoms with Crippen molar-refractivity contribution in [2.45, 2.75) is 38.5 Å². The highest BCUT2D eigenvalue weighted by atomic mass is 14.9. The Balaban J connectivity index is 2.43. The van der Waals surface area contributed by atoms with Gasteiger partial charge in [0.2, 0.25) is 0 Å². The summed E-state index contributed by atoms with van der Waals surface area (Å²) in [5, 5.41) is 0. The Hall–Kier alpha value is -1.77. The van der Waals surface area contributed by atoms with E-state index in [0.29, 0.717) is 0 Å². The third kappa shape index (κ3) is 1.22. The Morgan fingerprint density at radius 1 is 1.00 bits per heavy atom. The van der Waals surface area contributed by atoms with Gasteiger partial charge >= 0.3 is 0 Å². The van der Waals surface area contributed by atoms with Crippen molar-refractivity contribution in [2.75, 3.05) is 0 Å². The molecule has 3 heteroatoms. The fraction of sp³-hybridized carbons (Fsp3) is 0.400. The maximum atomic E-state index is 4.61. The number of aromatic nitrogens is 3. The molecular weight excluding hydrogens is 222 g/mol. The third-order valence-corrected chi connectivity index (χ3v) is 4.60. The molecule has 18 heavy (non-hydrogen) atoms. The van der Waals surface area contributed by atoms with E-state index >= 15 is 0 Å². The molecule has 0 saturated carbocycles. The number of hydrogen-bond acceptors (Lipinski definition) is 3. The summed E-state index contributed by atoms with van der Waals surface area (Å²) in [5.41, 5.74) is 4.42. The molecule has 0 aromatic carbocycles. The smallest absolute Gasteiger partial charge is 0.116 e. The molecule has 0 saturated heterocycles. The Morgan fingerprint density at radius 2 is 1.78 bits per heavy atom. The van der Waals surface area contributed by atoms with Crippen LogP contribution in [0.1, 0.15) is 39.0 Å². The molecular formula is C15H17N3. The number of fused-ring (bicyclic) bond motifs is 3. The van der Waals surface area contributed by atoms with Crippen molar-refractivity contribution in [1.82, 2.24) is 15.0 Å². The largest absolute Gasteiger partial charge is 0.260 e. The fourth-order valence-corrected chi connectivity index (χ4v) is 2.73. The van der Waals surface area contributed by atoms with Gasteiger partial charge in [0, 0.05) is 34.4 Å². The highest BCUT2D eigenvalue weighted by molar-refractivity contribution is 5.72. The molecule has 0 spiro atoms. The maximum absolute atomic E-state index is 4.61. The van der Waals surface area contributed by atoms with E-state index in [1.165, 1.54) is 5.56 Å². The Morgan fingerprint density at radius 3 is 2.56 bits per heavy atom. The molecule has 0 bridgehead atoms. The van der Waals surface area contributed by atoms with E-state index in [0.717, 1.165) is 17.0 Å². The average Bonchev–Trinajstić information content (AvgIpc) is 2.37. The molecule has 0 N–H and O–H groups in total. The van der Waals surface area contributed by atoms with Gasteiger partial charge in [0.25, 0.3) is 0 Å². The predicted octanol–water partition coefficient (Wildman–Crippen LogP) is 3.11. The van der Waals surface area contributed by atoms with Gasteiger partial charge in [-0.1, -0.05) is 27.7 Å². The lowest BCUT2D eigenvalue weighted by molar-refractivity contribution is 0.289. The molecule has 0 aliphatic heterocycles. The number of rotatable bonds is 0. The van der Waals surface area contributed by atoms with Crippen LogP contribution < -0.4 is 0 Å². The van der Waals surface area contributed by atoms with Crippen LogP contribution in [0, 0.1) is 0 Å². The van der Waals surface area contributed by atoms with Crippen LogP contribution in [0.5, 0.6) is 0 Å². The van der Waals surface area contributed by atoms with E-state index in [4.69, 9.17) is 0 Å². The van der Waals surface area contributed by atoms with E-state index in [-0.39, 0.29) is 10.8 Å². The van der Waals surface area contributed by atoms with E-state index in [1.54, 1.807) is 6.33 Å². The van der Waals surface area contributed by atoms with E-state index < -0.39 is 0 Å². The first-order chi connectivity index (χ1) is 8.46. The molecule has 1 aliphatic carbocycles. The summed E-state index contributed by atoms with van der Waals surface area (Å²) >= 11 is 0. The molecule has 2 heterocycles. The molecule has 2 aromatic rings. The van der Waals surface area contributed by atoms with Gasteiger partial charge in [0.1, 0.15) is 6.33 Å². The van der Waals surface area contributed by atoms with Crippen molar-refractivity contribution >= 4 is 0 Å². The molecule has 92 valence electrons. The summed E-state index contributed by atoms with van der Waals surface area (Å²) in [6, 6.07) is 4.07. The van der Waals surface area contributed by atoms with Gasteiger partial charge in [0.05, 0.1) is 11.4 Å². The van der Waals surface area contributed by atoms with Gasteiger partial charge < -0.3 is 0 Å². The van der Waals surface area contributed by atoms with Crippen molar-refractivity contribution in [2.24, 2.45) is 0 Å². The first-order valence-electron chi connectivity index (χ1n) is 6.22. The second-order valence-electron chi connectivity index (χ2n) is 5.93. The maximum Gasteiger partial charge on any atom is 0.116 e. The average molecular weight is 239 g/mol. The first kappa shape index (κ1) is 11.3. The van der Waals surface area contributed by atoms with Gasteiger partial charge in [-0.2, -0.15) is 0 Å². The Bertz CT molecular complexity index is 559. The summed E-state index contributed by atoms with van der Waals surface area (Å²) < 4.78 is 0. The zero-order valence-electron chi connectivity index (χ0n) is 11.2. The van der Waals surface area contributed by atoms with Crippen LogP contribution in [0.4, 0.5) is 0 Å².